The van der Waals surface area contributed by atoms with E-state index in [4.69, 9.17) is 0 Å². The standard InChI is InChI=1S/C20H42O/c1-4-6-8-10-11-12-13-14-16-18-20(21)19(3)17-15-9-7-5-2/h19-21H,4-18H2,1-3H3. The molecule has 0 bridgehead atoms. The van der Waals surface area contributed by atoms with Crippen molar-refractivity contribution < 1.29 is 5.11 Å². The summed E-state index contributed by atoms with van der Waals surface area (Å²) in [5.41, 5.74) is 0. The van der Waals surface area contributed by atoms with Crippen molar-refractivity contribution in [1.29, 1.82) is 0 Å². The van der Waals surface area contributed by atoms with E-state index in [1.807, 2.05) is 0 Å². The van der Waals surface area contributed by atoms with Crippen LogP contribution in [0.25, 0.3) is 0 Å². The molecule has 2 atom stereocenters. The Morgan fingerprint density at radius 3 is 1.48 bits per heavy atom. The molecule has 0 fully saturated rings. The number of hydrogen-bond acceptors (Lipinski definition) is 1. The van der Waals surface area contributed by atoms with Gasteiger partial charge in [-0.3, -0.25) is 0 Å². The maximum Gasteiger partial charge on any atom is 0.0565 e. The van der Waals surface area contributed by atoms with Gasteiger partial charge in [-0.2, -0.15) is 0 Å². The Hall–Kier alpha value is -0.0400. The fourth-order valence-corrected chi connectivity index (χ4v) is 3.03. The predicted octanol–water partition coefficient (Wildman–Crippen LogP) is 6.87. The molecule has 0 spiro atoms. The first-order valence-electron chi connectivity index (χ1n) is 9.90. The Labute approximate surface area is 134 Å². The van der Waals surface area contributed by atoms with Gasteiger partial charge in [-0.05, 0) is 18.8 Å². The van der Waals surface area contributed by atoms with Crippen molar-refractivity contribution in [3.63, 3.8) is 0 Å². The van der Waals surface area contributed by atoms with E-state index in [9.17, 15) is 5.11 Å². The van der Waals surface area contributed by atoms with Crippen LogP contribution in [0.2, 0.25) is 0 Å². The second kappa shape index (κ2) is 16.3. The maximum atomic E-state index is 10.2. The SMILES string of the molecule is CCCCCCCCCCCC(O)C(C)CCCCCC. The molecule has 0 amide bonds. The van der Waals surface area contributed by atoms with Gasteiger partial charge in [-0.25, -0.2) is 0 Å². The normalized spacial score (nSPS) is 14.3. The first-order chi connectivity index (χ1) is 10.2. The quantitative estimate of drug-likeness (QED) is 0.308. The highest BCUT2D eigenvalue weighted by Gasteiger charge is 2.13. The van der Waals surface area contributed by atoms with Crippen molar-refractivity contribution in [3.05, 3.63) is 0 Å². The third kappa shape index (κ3) is 14.7. The van der Waals surface area contributed by atoms with Crippen LogP contribution in [0.15, 0.2) is 0 Å². The first-order valence-corrected chi connectivity index (χ1v) is 9.90. The summed E-state index contributed by atoms with van der Waals surface area (Å²) in [5.74, 6) is 0.496. The van der Waals surface area contributed by atoms with Crippen molar-refractivity contribution in [1.82, 2.24) is 0 Å². The summed E-state index contributed by atoms with van der Waals surface area (Å²) in [5, 5.41) is 10.2. The van der Waals surface area contributed by atoms with Gasteiger partial charge in [-0.1, -0.05) is 104 Å². The van der Waals surface area contributed by atoms with Crippen LogP contribution in [0, 0.1) is 5.92 Å². The number of aliphatic hydroxyl groups excluding tert-OH is 1. The van der Waals surface area contributed by atoms with Gasteiger partial charge >= 0.3 is 0 Å². The summed E-state index contributed by atoms with van der Waals surface area (Å²) in [6.07, 6.45) is 19.7. The zero-order valence-corrected chi connectivity index (χ0v) is 15.2. The van der Waals surface area contributed by atoms with Gasteiger partial charge in [-0.15, -0.1) is 0 Å². The number of hydrogen-bond donors (Lipinski definition) is 1. The third-order valence-electron chi connectivity index (χ3n) is 4.77. The molecule has 1 N–H and O–H groups in total. The fraction of sp³-hybridized carbons (Fsp3) is 1.00. The summed E-state index contributed by atoms with van der Waals surface area (Å²) >= 11 is 0. The summed E-state index contributed by atoms with van der Waals surface area (Å²) < 4.78 is 0. The molecule has 21 heavy (non-hydrogen) atoms. The molecule has 0 aromatic rings. The Morgan fingerprint density at radius 2 is 0.952 bits per heavy atom. The molecule has 0 rings (SSSR count). The summed E-state index contributed by atoms with van der Waals surface area (Å²) in [6.45, 7) is 6.75. The van der Waals surface area contributed by atoms with Crippen molar-refractivity contribution in [3.8, 4) is 0 Å². The molecule has 2 unspecified atom stereocenters. The minimum absolute atomic E-state index is 0.0591. The average Bonchev–Trinajstić information content (AvgIpc) is 2.49. The van der Waals surface area contributed by atoms with Gasteiger partial charge in [0.2, 0.25) is 0 Å². The minimum Gasteiger partial charge on any atom is -0.393 e. The molecule has 0 saturated heterocycles. The lowest BCUT2D eigenvalue weighted by Crippen LogP contribution is -2.17. The molecule has 128 valence electrons. The molecule has 1 nitrogen and oxygen atoms in total. The minimum atomic E-state index is -0.0591. The highest BCUT2D eigenvalue weighted by Crippen LogP contribution is 2.19. The van der Waals surface area contributed by atoms with E-state index in [2.05, 4.69) is 20.8 Å². The van der Waals surface area contributed by atoms with Crippen LogP contribution in [0.1, 0.15) is 117 Å². The van der Waals surface area contributed by atoms with E-state index in [-0.39, 0.29) is 6.10 Å². The fourth-order valence-electron chi connectivity index (χ4n) is 3.03. The molecular weight excluding hydrogens is 256 g/mol. The highest BCUT2D eigenvalue weighted by atomic mass is 16.3. The lowest BCUT2D eigenvalue weighted by Gasteiger charge is -2.18. The molecule has 1 heteroatoms. The number of rotatable bonds is 16. The van der Waals surface area contributed by atoms with Crippen LogP contribution in [-0.4, -0.2) is 11.2 Å². The first kappa shape index (κ1) is 21.0. The van der Waals surface area contributed by atoms with Gasteiger partial charge in [0.15, 0.2) is 0 Å². The van der Waals surface area contributed by atoms with Crippen molar-refractivity contribution in [2.24, 2.45) is 5.92 Å². The second-order valence-electron chi connectivity index (χ2n) is 7.01. The molecule has 0 aliphatic carbocycles. The van der Waals surface area contributed by atoms with Gasteiger partial charge in [0.05, 0.1) is 6.10 Å². The zero-order chi connectivity index (χ0) is 15.8. The molecule has 0 saturated carbocycles. The Kier molecular flexibility index (Phi) is 16.3. The van der Waals surface area contributed by atoms with E-state index in [0.29, 0.717) is 5.92 Å². The molecule has 0 aliphatic heterocycles. The topological polar surface area (TPSA) is 20.2 Å². The lowest BCUT2D eigenvalue weighted by atomic mass is 9.93. The highest BCUT2D eigenvalue weighted by molar-refractivity contribution is 4.65. The molecule has 0 aromatic carbocycles. The third-order valence-corrected chi connectivity index (χ3v) is 4.77. The zero-order valence-electron chi connectivity index (χ0n) is 15.2. The molecule has 0 aromatic heterocycles. The van der Waals surface area contributed by atoms with Gasteiger partial charge in [0.25, 0.3) is 0 Å². The largest absolute Gasteiger partial charge is 0.393 e. The van der Waals surface area contributed by atoms with Crippen LogP contribution in [0.4, 0.5) is 0 Å². The van der Waals surface area contributed by atoms with Crippen LogP contribution in [0.5, 0.6) is 0 Å². The van der Waals surface area contributed by atoms with Crippen molar-refractivity contribution in [2.45, 2.75) is 123 Å². The Balaban J connectivity index is 3.30. The summed E-state index contributed by atoms with van der Waals surface area (Å²) in [6, 6.07) is 0. The molecule has 0 radical (unpaired) electrons. The van der Waals surface area contributed by atoms with Crippen LogP contribution in [-0.2, 0) is 0 Å². The number of unbranched alkanes of at least 4 members (excludes halogenated alkanes) is 11. The average molecular weight is 299 g/mol. The molecular formula is C20H42O. The van der Waals surface area contributed by atoms with E-state index in [1.165, 1.54) is 89.9 Å². The van der Waals surface area contributed by atoms with Crippen molar-refractivity contribution >= 4 is 0 Å². The summed E-state index contributed by atoms with van der Waals surface area (Å²) in [7, 11) is 0. The van der Waals surface area contributed by atoms with Crippen molar-refractivity contribution in [2.75, 3.05) is 0 Å². The number of aliphatic hydroxyl groups is 1. The van der Waals surface area contributed by atoms with Crippen LogP contribution >= 0.6 is 0 Å². The maximum absolute atomic E-state index is 10.2. The Bertz CT molecular complexity index is 190. The van der Waals surface area contributed by atoms with Gasteiger partial charge in [0.1, 0.15) is 0 Å². The van der Waals surface area contributed by atoms with E-state index in [0.717, 1.165) is 6.42 Å². The smallest absolute Gasteiger partial charge is 0.0565 e. The molecule has 0 aliphatic rings. The van der Waals surface area contributed by atoms with E-state index < -0.39 is 0 Å². The van der Waals surface area contributed by atoms with E-state index in [1.54, 1.807) is 0 Å². The lowest BCUT2D eigenvalue weighted by molar-refractivity contribution is 0.0985. The monoisotopic (exact) mass is 298 g/mol. The van der Waals surface area contributed by atoms with E-state index >= 15 is 0 Å². The van der Waals surface area contributed by atoms with Crippen LogP contribution < -0.4 is 0 Å². The van der Waals surface area contributed by atoms with Gasteiger partial charge in [0, 0.05) is 0 Å². The predicted molar refractivity (Wildman–Crippen MR) is 95.8 cm³/mol. The summed E-state index contributed by atoms with van der Waals surface area (Å²) in [4.78, 5) is 0. The molecule has 0 heterocycles. The Morgan fingerprint density at radius 1 is 0.571 bits per heavy atom. The second-order valence-corrected chi connectivity index (χ2v) is 7.01. The van der Waals surface area contributed by atoms with Gasteiger partial charge < -0.3 is 5.11 Å². The van der Waals surface area contributed by atoms with Crippen LogP contribution in [0.3, 0.4) is 0 Å².